The van der Waals surface area contributed by atoms with Gasteiger partial charge in [-0.25, -0.2) is 0 Å². The van der Waals surface area contributed by atoms with Gasteiger partial charge in [-0.15, -0.1) is 0 Å². The lowest BCUT2D eigenvalue weighted by Gasteiger charge is -2.18. The number of rotatable bonds is 3. The van der Waals surface area contributed by atoms with Crippen molar-refractivity contribution in [1.82, 2.24) is 0 Å². The lowest BCUT2D eigenvalue weighted by Crippen LogP contribution is -1.91. The van der Waals surface area contributed by atoms with Crippen molar-refractivity contribution in [1.29, 1.82) is 0 Å². The highest BCUT2D eigenvalue weighted by Gasteiger charge is 2.20. The van der Waals surface area contributed by atoms with Crippen LogP contribution in [0.1, 0.15) is 35.6 Å². The minimum absolute atomic E-state index is 0.449. The molecular weight excluding hydrogens is 520 g/mol. The summed E-state index contributed by atoms with van der Waals surface area (Å²) in [6.45, 7) is 0. The molecule has 0 bridgehead atoms. The first-order valence-electron chi connectivity index (χ1n) is 25.7. The van der Waals surface area contributed by atoms with Crippen molar-refractivity contribution in [3.63, 3.8) is 0 Å². The molecule has 9 aromatic rings. The van der Waals surface area contributed by atoms with Crippen LogP contribution in [0.5, 0.6) is 0 Å². The van der Waals surface area contributed by atoms with Gasteiger partial charge in [-0.3, -0.25) is 0 Å². The second kappa shape index (κ2) is 9.44. The van der Waals surface area contributed by atoms with Crippen LogP contribution in [0.15, 0.2) is 162 Å². The molecule has 1 heteroatoms. The Balaban J connectivity index is 1.65. The average Bonchev–Trinajstić information content (AvgIpc) is 3.72. The van der Waals surface area contributed by atoms with Crippen molar-refractivity contribution in [2.75, 3.05) is 0 Å². The fourth-order valence-electron chi connectivity index (χ4n) is 5.25. The monoisotopic (exact) mass is 572 g/mol. The molecule has 0 aliphatic carbocycles. The van der Waals surface area contributed by atoms with E-state index >= 15 is 0 Å². The van der Waals surface area contributed by atoms with E-state index in [1.165, 1.54) is 0 Å². The zero-order valence-electron chi connectivity index (χ0n) is 47.4. The number of benzene rings is 8. The molecule has 0 amide bonds. The van der Waals surface area contributed by atoms with Crippen molar-refractivity contribution < 1.29 is 40.1 Å². The van der Waals surface area contributed by atoms with Gasteiger partial charge in [0, 0.05) is 16.2 Å². The summed E-state index contributed by atoms with van der Waals surface area (Å²) in [5, 5.41) is -4.86. The Labute approximate surface area is 285 Å². The summed E-state index contributed by atoms with van der Waals surface area (Å²) in [6.07, 6.45) is 0. The lowest BCUT2D eigenvalue weighted by molar-refractivity contribution is 0.673. The maximum Gasteiger partial charge on any atom is 0.143 e. The van der Waals surface area contributed by atoms with Gasteiger partial charge >= 0.3 is 0 Å². The number of hydrogen-bond donors (Lipinski definition) is 0. The molecule has 9 rings (SSSR count). The van der Waals surface area contributed by atoms with Crippen LogP contribution in [-0.4, -0.2) is 0 Å². The maximum atomic E-state index is 9.61. The van der Waals surface area contributed by atoms with Gasteiger partial charge in [-0.1, -0.05) is 139 Å². The Morgan fingerprint density at radius 1 is 0.395 bits per heavy atom. The molecule has 200 valence electrons. The molecule has 1 heterocycles. The second-order valence-corrected chi connectivity index (χ2v) is 9.26. The van der Waals surface area contributed by atoms with Crippen LogP contribution >= 0.6 is 0 Å². The highest BCUT2D eigenvalue weighted by molar-refractivity contribution is 6.27. The summed E-state index contributed by atoms with van der Waals surface area (Å²) in [4.78, 5) is 0. The zero-order valence-corrected chi connectivity index (χ0v) is 21.4. The van der Waals surface area contributed by atoms with E-state index in [0.29, 0.717) is 0 Å². The Morgan fingerprint density at radius 3 is 1.72 bits per heavy atom. The van der Waals surface area contributed by atoms with E-state index in [1.807, 2.05) is 0 Å². The Kier molecular flexibility index (Phi) is 2.13. The van der Waals surface area contributed by atoms with E-state index < -0.39 is 245 Å². The molecular formula is C42H26O. The molecule has 8 aromatic carbocycles. The zero-order chi connectivity index (χ0) is 51.0. The Hall–Kier alpha value is -5.66. The first-order valence-corrected chi connectivity index (χ1v) is 12.7. The molecule has 0 saturated heterocycles. The molecule has 0 atom stereocenters. The standard InChI is InChI=1S/C42H26O/c1-2-12-27(13-3-1)29-15-10-16-30(26-29)39-32-18-6-8-20-34(32)40(35-21-9-7-19-33(35)39)36-22-11-23-38-41(36)37-25-24-28-14-4-5-17-31(28)42(37)43-38/h1-26H/i1D,2D,3D,4D,5D,6D,7D,8D,9D,10D,11D,12D,13D,14D,15D,16D,17D,18D,19D,20D,21D,22D,23D,24D,25D,26D. The van der Waals surface area contributed by atoms with E-state index in [1.54, 1.807) is 0 Å². The summed E-state index contributed by atoms with van der Waals surface area (Å²) >= 11 is 0. The van der Waals surface area contributed by atoms with E-state index in [9.17, 15) is 11.0 Å². The van der Waals surface area contributed by atoms with Crippen molar-refractivity contribution in [3.05, 3.63) is 157 Å². The van der Waals surface area contributed by atoms with Crippen molar-refractivity contribution in [3.8, 4) is 33.4 Å². The summed E-state index contributed by atoms with van der Waals surface area (Å²) in [5.74, 6) is 0. The molecule has 0 spiro atoms. The summed E-state index contributed by atoms with van der Waals surface area (Å²) in [7, 11) is 0. The highest BCUT2D eigenvalue weighted by Crippen LogP contribution is 2.47. The van der Waals surface area contributed by atoms with Crippen LogP contribution in [-0.2, 0) is 0 Å². The molecule has 43 heavy (non-hydrogen) atoms. The molecule has 0 unspecified atom stereocenters. The fraction of sp³-hybridized carbons (Fsp3) is 0. The van der Waals surface area contributed by atoms with E-state index in [-0.39, 0.29) is 0 Å². The van der Waals surface area contributed by atoms with Crippen LogP contribution in [0, 0.1) is 0 Å². The molecule has 0 aliphatic rings. The van der Waals surface area contributed by atoms with Gasteiger partial charge < -0.3 is 4.42 Å². The number of fused-ring (bicyclic) bond motifs is 7. The summed E-state index contributed by atoms with van der Waals surface area (Å²) < 4.78 is 238. The topological polar surface area (TPSA) is 13.1 Å². The lowest BCUT2D eigenvalue weighted by atomic mass is 9.84. The van der Waals surface area contributed by atoms with Crippen LogP contribution in [0.3, 0.4) is 0 Å². The minimum Gasteiger partial charge on any atom is -0.455 e. The van der Waals surface area contributed by atoms with Gasteiger partial charge in [-0.2, -0.15) is 0 Å². The van der Waals surface area contributed by atoms with Gasteiger partial charge in [0.05, 0.1) is 35.6 Å². The fourth-order valence-corrected chi connectivity index (χ4v) is 5.25. The van der Waals surface area contributed by atoms with E-state index in [0.717, 1.165) is 0 Å². The Morgan fingerprint density at radius 2 is 0.977 bits per heavy atom. The van der Waals surface area contributed by atoms with E-state index in [4.69, 9.17) is 29.1 Å². The first-order chi connectivity index (χ1) is 32.2. The van der Waals surface area contributed by atoms with Crippen molar-refractivity contribution in [2.24, 2.45) is 0 Å². The van der Waals surface area contributed by atoms with Gasteiger partial charge in [-0.05, 0) is 78.4 Å². The molecule has 0 N–H and O–H groups in total. The van der Waals surface area contributed by atoms with Crippen molar-refractivity contribution >= 4 is 54.3 Å². The van der Waals surface area contributed by atoms with Crippen LogP contribution in [0.4, 0.5) is 0 Å². The molecule has 1 aromatic heterocycles. The van der Waals surface area contributed by atoms with Crippen molar-refractivity contribution in [2.45, 2.75) is 0 Å². The summed E-state index contributed by atoms with van der Waals surface area (Å²) in [5.41, 5.74) is -5.72. The van der Waals surface area contributed by atoms with Gasteiger partial charge in [0.1, 0.15) is 11.2 Å². The predicted octanol–water partition coefficient (Wildman–Crippen LogP) is 12.0. The van der Waals surface area contributed by atoms with Crippen LogP contribution in [0.25, 0.3) is 87.6 Å². The smallest absolute Gasteiger partial charge is 0.143 e. The molecule has 0 fully saturated rings. The molecule has 0 saturated carbocycles. The third-order valence-corrected chi connectivity index (χ3v) is 7.00. The third kappa shape index (κ3) is 3.65. The maximum absolute atomic E-state index is 9.61. The predicted molar refractivity (Wildman–Crippen MR) is 183 cm³/mol. The first kappa shape index (κ1) is 9.69. The van der Waals surface area contributed by atoms with Gasteiger partial charge in [0.25, 0.3) is 0 Å². The quantitative estimate of drug-likeness (QED) is 0.192. The third-order valence-electron chi connectivity index (χ3n) is 7.00. The normalized spacial score (nSPS) is 20.2. The summed E-state index contributed by atoms with van der Waals surface area (Å²) in [6, 6.07) is -23.9. The Bertz CT molecular complexity index is 3860. The molecule has 0 radical (unpaired) electrons. The number of hydrogen-bond acceptors (Lipinski definition) is 1. The highest BCUT2D eigenvalue weighted by atomic mass is 16.3. The van der Waals surface area contributed by atoms with E-state index in [2.05, 4.69) is 0 Å². The van der Waals surface area contributed by atoms with Gasteiger partial charge in [0.2, 0.25) is 0 Å². The number of furan rings is 1. The minimum atomic E-state index is -1.04. The SMILES string of the molecule is [2H]c1c([2H])c([2H])c(-c2c([2H])c([2H])c([2H])c(-c3c4c([2H])c([2H])c([2H])c([2H])c4c(-c4c([2H])c([2H])c([2H])c5oc6c7c([2H])c([2H])c([2H])c([2H])c7c([2H])c([2H])c6c45)c4c([2H])c([2H])c([2H])c([2H])c34)c2[2H])c([2H])c1[2H]. The van der Waals surface area contributed by atoms with Gasteiger partial charge in [0.15, 0.2) is 0 Å². The molecule has 1 nitrogen and oxygen atoms in total. The second-order valence-electron chi connectivity index (χ2n) is 9.26. The molecule has 0 aliphatic heterocycles. The average molecular weight is 573 g/mol. The van der Waals surface area contributed by atoms with Crippen LogP contribution < -0.4 is 0 Å². The van der Waals surface area contributed by atoms with Crippen LogP contribution in [0.2, 0.25) is 0 Å². The largest absolute Gasteiger partial charge is 0.455 e.